The van der Waals surface area contributed by atoms with Crippen LogP contribution in [-0.2, 0) is 6.54 Å². The summed E-state index contributed by atoms with van der Waals surface area (Å²) in [6.45, 7) is 0.379. The number of phenols is 1. The molecule has 0 aliphatic heterocycles. The van der Waals surface area contributed by atoms with Crippen molar-refractivity contribution in [3.63, 3.8) is 0 Å². The standard InChI is InChI=1S/C18H17N3O2S/c1-24-16-9-8-15-14(3-2-10-19-15)17(16)21-18(23)20-11-12-4-6-13(22)7-5-12/h2-10,22H,11H2,1H3,(H2,20,21,23). The number of carbonyl (C=O) groups excluding carboxylic acids is 1. The number of anilines is 1. The van der Waals surface area contributed by atoms with Gasteiger partial charge in [-0.3, -0.25) is 4.98 Å². The number of aromatic nitrogens is 1. The highest BCUT2D eigenvalue weighted by molar-refractivity contribution is 7.98. The van der Waals surface area contributed by atoms with Crippen LogP contribution in [0, 0.1) is 0 Å². The van der Waals surface area contributed by atoms with Gasteiger partial charge in [-0.2, -0.15) is 0 Å². The SMILES string of the molecule is CSc1ccc2ncccc2c1NC(=O)NCc1ccc(O)cc1. The summed E-state index contributed by atoms with van der Waals surface area (Å²) in [5.41, 5.74) is 2.51. The van der Waals surface area contributed by atoms with Gasteiger partial charge in [0.1, 0.15) is 5.75 Å². The van der Waals surface area contributed by atoms with Crippen LogP contribution in [0.15, 0.2) is 59.6 Å². The summed E-state index contributed by atoms with van der Waals surface area (Å²) in [6.07, 6.45) is 3.70. The lowest BCUT2D eigenvalue weighted by Crippen LogP contribution is -2.28. The van der Waals surface area contributed by atoms with Gasteiger partial charge in [-0.05, 0) is 48.2 Å². The zero-order valence-corrected chi connectivity index (χ0v) is 13.9. The molecule has 122 valence electrons. The third kappa shape index (κ3) is 3.60. The zero-order chi connectivity index (χ0) is 16.9. The Morgan fingerprint density at radius 3 is 2.71 bits per heavy atom. The number of pyridine rings is 1. The largest absolute Gasteiger partial charge is 0.508 e. The van der Waals surface area contributed by atoms with Gasteiger partial charge >= 0.3 is 6.03 Å². The average molecular weight is 339 g/mol. The second-order valence-electron chi connectivity index (χ2n) is 5.19. The van der Waals surface area contributed by atoms with E-state index >= 15 is 0 Å². The fourth-order valence-electron chi connectivity index (χ4n) is 2.39. The van der Waals surface area contributed by atoms with Crippen LogP contribution in [0.3, 0.4) is 0 Å². The van der Waals surface area contributed by atoms with Crippen molar-refractivity contribution in [3.8, 4) is 5.75 Å². The van der Waals surface area contributed by atoms with Crippen molar-refractivity contribution < 1.29 is 9.90 Å². The Morgan fingerprint density at radius 2 is 1.96 bits per heavy atom. The van der Waals surface area contributed by atoms with Gasteiger partial charge in [0.15, 0.2) is 0 Å². The van der Waals surface area contributed by atoms with Crippen molar-refractivity contribution in [2.75, 3.05) is 11.6 Å². The van der Waals surface area contributed by atoms with E-state index in [4.69, 9.17) is 0 Å². The number of nitrogens with one attached hydrogen (secondary N) is 2. The molecule has 5 nitrogen and oxygen atoms in total. The molecule has 0 aliphatic carbocycles. The second-order valence-corrected chi connectivity index (χ2v) is 6.04. The first-order valence-electron chi connectivity index (χ1n) is 7.42. The molecule has 3 rings (SSSR count). The number of nitrogens with zero attached hydrogens (tertiary/aromatic N) is 1. The Morgan fingerprint density at radius 1 is 1.17 bits per heavy atom. The molecule has 2 aromatic carbocycles. The Hall–Kier alpha value is -2.73. The lowest BCUT2D eigenvalue weighted by atomic mass is 10.2. The molecule has 0 atom stereocenters. The van der Waals surface area contributed by atoms with E-state index < -0.39 is 0 Å². The summed E-state index contributed by atoms with van der Waals surface area (Å²) in [6, 6.07) is 14.1. The second kappa shape index (κ2) is 7.23. The fourth-order valence-corrected chi connectivity index (χ4v) is 2.95. The molecule has 0 radical (unpaired) electrons. The maximum absolute atomic E-state index is 12.3. The minimum absolute atomic E-state index is 0.205. The minimum Gasteiger partial charge on any atom is -0.508 e. The van der Waals surface area contributed by atoms with Crippen LogP contribution in [0.1, 0.15) is 5.56 Å². The van der Waals surface area contributed by atoms with Crippen LogP contribution in [0.5, 0.6) is 5.75 Å². The molecule has 0 saturated carbocycles. The smallest absolute Gasteiger partial charge is 0.319 e. The fraction of sp³-hybridized carbons (Fsp3) is 0.111. The molecule has 0 unspecified atom stereocenters. The molecule has 0 spiro atoms. The number of urea groups is 1. The maximum atomic E-state index is 12.3. The lowest BCUT2D eigenvalue weighted by Gasteiger charge is -2.13. The molecule has 0 saturated heterocycles. The van der Waals surface area contributed by atoms with Crippen molar-refractivity contribution in [3.05, 3.63) is 60.3 Å². The molecule has 6 heteroatoms. The van der Waals surface area contributed by atoms with Crippen molar-refractivity contribution in [1.29, 1.82) is 0 Å². The highest BCUT2D eigenvalue weighted by Gasteiger charge is 2.11. The molecule has 3 N–H and O–H groups in total. The minimum atomic E-state index is -0.283. The Kier molecular flexibility index (Phi) is 4.86. The predicted octanol–water partition coefficient (Wildman–Crippen LogP) is 3.98. The van der Waals surface area contributed by atoms with E-state index in [-0.39, 0.29) is 11.8 Å². The van der Waals surface area contributed by atoms with Gasteiger partial charge in [0.05, 0.1) is 11.2 Å². The summed E-state index contributed by atoms with van der Waals surface area (Å²) in [7, 11) is 0. The summed E-state index contributed by atoms with van der Waals surface area (Å²) >= 11 is 1.57. The number of carbonyl (C=O) groups is 1. The molecular weight excluding hydrogens is 322 g/mol. The molecule has 0 fully saturated rings. The van der Waals surface area contributed by atoms with Crippen molar-refractivity contribution in [1.82, 2.24) is 10.3 Å². The van der Waals surface area contributed by atoms with Crippen molar-refractivity contribution >= 4 is 34.4 Å². The molecule has 3 aromatic rings. The molecule has 1 heterocycles. The van der Waals surface area contributed by atoms with E-state index in [9.17, 15) is 9.90 Å². The highest BCUT2D eigenvalue weighted by atomic mass is 32.2. The van der Waals surface area contributed by atoms with Gasteiger partial charge in [-0.1, -0.05) is 12.1 Å². The Bertz CT molecular complexity index is 866. The molecule has 1 aromatic heterocycles. The number of aromatic hydroxyl groups is 1. The molecular formula is C18H17N3O2S. The third-order valence-electron chi connectivity index (χ3n) is 3.59. The Labute approximate surface area is 144 Å². The third-order valence-corrected chi connectivity index (χ3v) is 4.37. The van der Waals surface area contributed by atoms with Crippen LogP contribution >= 0.6 is 11.8 Å². The van der Waals surface area contributed by atoms with Crippen LogP contribution in [0.2, 0.25) is 0 Å². The summed E-state index contributed by atoms with van der Waals surface area (Å²) in [5.74, 6) is 0.205. The molecule has 0 bridgehead atoms. The number of benzene rings is 2. The monoisotopic (exact) mass is 339 g/mol. The number of amides is 2. The summed E-state index contributed by atoms with van der Waals surface area (Å²) < 4.78 is 0. The van der Waals surface area contributed by atoms with Gasteiger partial charge in [-0.25, -0.2) is 4.79 Å². The van der Waals surface area contributed by atoms with E-state index in [1.54, 1.807) is 42.2 Å². The van der Waals surface area contributed by atoms with Gasteiger partial charge in [0.2, 0.25) is 0 Å². The van der Waals surface area contributed by atoms with Crippen LogP contribution in [0.25, 0.3) is 10.9 Å². The summed E-state index contributed by atoms with van der Waals surface area (Å²) in [5, 5.41) is 15.9. The summed E-state index contributed by atoms with van der Waals surface area (Å²) in [4.78, 5) is 17.6. The van der Waals surface area contributed by atoms with Gasteiger partial charge in [-0.15, -0.1) is 11.8 Å². The van der Waals surface area contributed by atoms with Gasteiger partial charge in [0, 0.05) is 23.0 Å². The van der Waals surface area contributed by atoms with E-state index in [1.165, 1.54) is 0 Å². The van der Waals surface area contributed by atoms with Crippen LogP contribution < -0.4 is 10.6 Å². The van der Waals surface area contributed by atoms with Crippen molar-refractivity contribution in [2.45, 2.75) is 11.4 Å². The van der Waals surface area contributed by atoms with E-state index in [0.717, 1.165) is 27.0 Å². The lowest BCUT2D eigenvalue weighted by molar-refractivity contribution is 0.251. The molecule has 2 amide bonds. The predicted molar refractivity (Wildman–Crippen MR) is 97.5 cm³/mol. The van der Waals surface area contributed by atoms with E-state index in [2.05, 4.69) is 15.6 Å². The molecule has 24 heavy (non-hydrogen) atoms. The first kappa shape index (κ1) is 16.1. The first-order valence-corrected chi connectivity index (χ1v) is 8.64. The average Bonchev–Trinajstić information content (AvgIpc) is 2.61. The highest BCUT2D eigenvalue weighted by Crippen LogP contribution is 2.32. The number of thioether (sulfide) groups is 1. The van der Waals surface area contributed by atoms with Gasteiger partial charge in [0.25, 0.3) is 0 Å². The van der Waals surface area contributed by atoms with E-state index in [0.29, 0.717) is 6.54 Å². The number of rotatable bonds is 4. The van der Waals surface area contributed by atoms with E-state index in [1.807, 2.05) is 30.5 Å². The quantitative estimate of drug-likeness (QED) is 0.629. The zero-order valence-electron chi connectivity index (χ0n) is 13.1. The first-order chi connectivity index (χ1) is 11.7. The van der Waals surface area contributed by atoms with Crippen LogP contribution in [-0.4, -0.2) is 22.4 Å². The van der Waals surface area contributed by atoms with Crippen LogP contribution in [0.4, 0.5) is 10.5 Å². The number of phenolic OH excluding ortho intramolecular Hbond substituents is 1. The number of hydrogen-bond donors (Lipinski definition) is 3. The van der Waals surface area contributed by atoms with Gasteiger partial charge < -0.3 is 15.7 Å². The molecule has 0 aliphatic rings. The van der Waals surface area contributed by atoms with Crippen molar-refractivity contribution in [2.24, 2.45) is 0 Å². The number of fused-ring (bicyclic) bond motifs is 1. The topological polar surface area (TPSA) is 74.2 Å². The Balaban J connectivity index is 1.76. The number of hydrogen-bond acceptors (Lipinski definition) is 4. The normalized spacial score (nSPS) is 10.5. The maximum Gasteiger partial charge on any atom is 0.319 e.